The van der Waals surface area contributed by atoms with Crippen LogP contribution in [-0.2, 0) is 0 Å². The molecule has 2 aromatic carbocycles. The third kappa shape index (κ3) is 3.53. The lowest BCUT2D eigenvalue weighted by atomic mass is 10.2. The Balaban J connectivity index is 2.15. The van der Waals surface area contributed by atoms with Gasteiger partial charge in [0.15, 0.2) is 4.77 Å². The van der Waals surface area contributed by atoms with Crippen molar-refractivity contribution in [2.45, 2.75) is 6.92 Å². The number of aromatic hydroxyl groups is 1. The average molecular weight is 348 g/mol. The summed E-state index contributed by atoms with van der Waals surface area (Å²) in [7, 11) is 0. The molecule has 0 spiro atoms. The van der Waals surface area contributed by atoms with Crippen LogP contribution in [0, 0.1) is 11.7 Å². The van der Waals surface area contributed by atoms with E-state index < -0.39 is 5.56 Å². The fraction of sp³-hybridized carbons (Fsp3) is 0.0500. The van der Waals surface area contributed by atoms with E-state index in [0.717, 1.165) is 11.1 Å². The predicted molar refractivity (Wildman–Crippen MR) is 103 cm³/mol. The van der Waals surface area contributed by atoms with Gasteiger partial charge in [-0.05, 0) is 48.5 Å². The molecule has 1 heterocycles. The maximum Gasteiger partial charge on any atom is 0.263 e. The zero-order valence-corrected chi connectivity index (χ0v) is 14.4. The van der Waals surface area contributed by atoms with E-state index in [2.05, 4.69) is 10.7 Å². The van der Waals surface area contributed by atoms with Crippen molar-refractivity contribution >= 4 is 24.4 Å². The van der Waals surface area contributed by atoms with Gasteiger partial charge in [-0.3, -0.25) is 14.3 Å². The van der Waals surface area contributed by atoms with Gasteiger partial charge in [0.05, 0.1) is 5.69 Å². The van der Waals surface area contributed by atoms with E-state index in [9.17, 15) is 9.90 Å². The van der Waals surface area contributed by atoms with E-state index in [-0.39, 0.29) is 16.2 Å². The summed E-state index contributed by atoms with van der Waals surface area (Å²) in [5.74, 6) is -0.211. The zero-order valence-electron chi connectivity index (χ0n) is 13.6. The molecule has 0 aliphatic rings. The third-order valence-corrected chi connectivity index (χ3v) is 4.04. The van der Waals surface area contributed by atoms with Crippen molar-refractivity contribution in [1.29, 1.82) is 0 Å². The highest BCUT2D eigenvalue weighted by molar-refractivity contribution is 7.71. The van der Waals surface area contributed by atoms with Crippen LogP contribution in [-0.4, -0.2) is 14.7 Å². The molecule has 0 radical (unpaired) electrons. The monoisotopic (exact) mass is 348 g/mol. The zero-order chi connectivity index (χ0) is 17.8. The minimum atomic E-state index is -0.457. The number of benzene rings is 2. The molecule has 5 heteroatoms. The van der Waals surface area contributed by atoms with Crippen molar-refractivity contribution in [3.8, 4) is 11.6 Å². The molecule has 3 rings (SSSR count). The van der Waals surface area contributed by atoms with E-state index >= 15 is 0 Å². The van der Waals surface area contributed by atoms with Crippen LogP contribution >= 0.6 is 12.2 Å². The van der Waals surface area contributed by atoms with E-state index in [4.69, 9.17) is 12.2 Å². The Bertz CT molecular complexity index is 1090. The Hall–Kier alpha value is -3.14. The van der Waals surface area contributed by atoms with E-state index in [1.54, 1.807) is 6.08 Å². The molecule has 124 valence electrons. The Kier molecular flexibility index (Phi) is 4.80. The second kappa shape index (κ2) is 7.18. The van der Waals surface area contributed by atoms with Crippen molar-refractivity contribution in [3.05, 3.63) is 92.1 Å². The maximum absolute atomic E-state index is 12.2. The number of aromatic nitrogens is 2. The molecule has 25 heavy (non-hydrogen) atoms. The van der Waals surface area contributed by atoms with E-state index in [1.807, 2.05) is 61.5 Å². The minimum absolute atomic E-state index is 0.101. The van der Waals surface area contributed by atoms with Gasteiger partial charge in [-0.15, -0.1) is 5.73 Å². The number of hydrogen-bond donors (Lipinski definition) is 2. The summed E-state index contributed by atoms with van der Waals surface area (Å²) in [5.41, 5.74) is 5.16. The van der Waals surface area contributed by atoms with Crippen LogP contribution in [0.3, 0.4) is 0 Å². The van der Waals surface area contributed by atoms with Crippen LogP contribution in [0.4, 0.5) is 0 Å². The number of rotatable bonds is 3. The smallest absolute Gasteiger partial charge is 0.263 e. The quantitative estimate of drug-likeness (QED) is 0.550. The van der Waals surface area contributed by atoms with Gasteiger partial charge in [0, 0.05) is 0 Å². The molecular formula is C20H16N2O2S. The third-order valence-electron chi connectivity index (χ3n) is 3.75. The highest BCUT2D eigenvalue weighted by atomic mass is 32.1. The molecule has 0 atom stereocenters. The lowest BCUT2D eigenvalue weighted by Gasteiger charge is -2.13. The summed E-state index contributed by atoms with van der Waals surface area (Å²) in [6, 6.07) is 17.1. The summed E-state index contributed by atoms with van der Waals surface area (Å²) >= 11 is 5.22. The first-order chi connectivity index (χ1) is 12.1. The normalized spacial score (nSPS) is 10.1. The SMILES string of the molecule is Cc1ccccc1-n1c(O)c(C=C=Cc2ccccc2)c(=O)[nH]c1=S. The Morgan fingerprint density at radius 3 is 2.48 bits per heavy atom. The number of H-pyrrole nitrogens is 1. The molecule has 0 unspecified atom stereocenters. The molecule has 0 fully saturated rings. The van der Waals surface area contributed by atoms with E-state index in [1.165, 1.54) is 10.6 Å². The largest absolute Gasteiger partial charge is 0.494 e. The van der Waals surface area contributed by atoms with Gasteiger partial charge in [0.1, 0.15) is 5.56 Å². The summed E-state index contributed by atoms with van der Waals surface area (Å²) in [6.45, 7) is 1.91. The van der Waals surface area contributed by atoms with Crippen molar-refractivity contribution in [2.24, 2.45) is 0 Å². The second-order valence-corrected chi connectivity index (χ2v) is 5.87. The average Bonchev–Trinajstić information content (AvgIpc) is 2.60. The lowest BCUT2D eigenvalue weighted by Crippen LogP contribution is -2.16. The fourth-order valence-corrected chi connectivity index (χ4v) is 2.75. The number of aryl methyl sites for hydroxylation is 1. The molecule has 0 amide bonds. The summed E-state index contributed by atoms with van der Waals surface area (Å²) in [6.07, 6.45) is 3.18. The van der Waals surface area contributed by atoms with Crippen molar-refractivity contribution in [2.75, 3.05) is 0 Å². The summed E-state index contributed by atoms with van der Waals surface area (Å²) < 4.78 is 1.59. The Labute approximate surface area is 150 Å². The highest BCUT2D eigenvalue weighted by Crippen LogP contribution is 2.22. The van der Waals surface area contributed by atoms with Crippen LogP contribution in [0.5, 0.6) is 5.88 Å². The topological polar surface area (TPSA) is 58.0 Å². The number of para-hydroxylation sites is 1. The molecular weight excluding hydrogens is 332 g/mol. The van der Waals surface area contributed by atoms with Gasteiger partial charge >= 0.3 is 0 Å². The van der Waals surface area contributed by atoms with Crippen LogP contribution in [0.2, 0.25) is 0 Å². The van der Waals surface area contributed by atoms with Crippen molar-refractivity contribution < 1.29 is 5.11 Å². The number of nitrogens with one attached hydrogen (secondary N) is 1. The lowest BCUT2D eigenvalue weighted by molar-refractivity contribution is 0.431. The van der Waals surface area contributed by atoms with Gasteiger partial charge in [0.2, 0.25) is 5.88 Å². The molecule has 0 aliphatic heterocycles. The number of hydrogen-bond acceptors (Lipinski definition) is 3. The standard InChI is InChI=1S/C20H16N2O2S/c1-14-8-5-6-13-17(14)22-19(24)16(18(23)21-20(22)25)12-7-11-15-9-3-2-4-10-15/h2-6,8-13,24H,1H3,(H,21,23,25). The highest BCUT2D eigenvalue weighted by Gasteiger charge is 2.12. The van der Waals surface area contributed by atoms with Gasteiger partial charge in [0.25, 0.3) is 5.56 Å². The number of aromatic amines is 1. The van der Waals surface area contributed by atoms with E-state index in [0.29, 0.717) is 5.69 Å². The summed E-state index contributed by atoms with van der Waals surface area (Å²) in [5, 5.41) is 10.6. The van der Waals surface area contributed by atoms with Gasteiger partial charge < -0.3 is 5.11 Å². The van der Waals surface area contributed by atoms with Crippen LogP contribution < -0.4 is 5.56 Å². The predicted octanol–water partition coefficient (Wildman–Crippen LogP) is 4.23. The first-order valence-electron chi connectivity index (χ1n) is 7.70. The molecule has 2 N–H and O–H groups in total. The van der Waals surface area contributed by atoms with Gasteiger partial charge in [-0.25, -0.2) is 0 Å². The van der Waals surface area contributed by atoms with Crippen molar-refractivity contribution in [3.63, 3.8) is 0 Å². The second-order valence-electron chi connectivity index (χ2n) is 5.48. The van der Waals surface area contributed by atoms with Gasteiger partial charge in [-0.1, -0.05) is 48.5 Å². The maximum atomic E-state index is 12.2. The fourth-order valence-electron chi connectivity index (χ4n) is 2.48. The minimum Gasteiger partial charge on any atom is -0.494 e. The molecule has 0 saturated heterocycles. The summed E-state index contributed by atoms with van der Waals surface area (Å²) in [4.78, 5) is 14.8. The first-order valence-corrected chi connectivity index (χ1v) is 8.10. The molecule has 0 aliphatic carbocycles. The van der Waals surface area contributed by atoms with Crippen molar-refractivity contribution in [1.82, 2.24) is 9.55 Å². The van der Waals surface area contributed by atoms with Crippen LogP contribution in [0.25, 0.3) is 17.8 Å². The Morgan fingerprint density at radius 1 is 1.08 bits per heavy atom. The van der Waals surface area contributed by atoms with Crippen LogP contribution in [0.1, 0.15) is 16.7 Å². The molecule has 3 aromatic rings. The van der Waals surface area contributed by atoms with Crippen LogP contribution in [0.15, 0.2) is 65.1 Å². The molecule has 1 aromatic heterocycles. The molecule has 4 nitrogen and oxygen atoms in total. The molecule has 0 bridgehead atoms. The number of nitrogens with zero attached hydrogens (tertiary/aromatic N) is 1. The first kappa shape index (κ1) is 16.7. The van der Waals surface area contributed by atoms with Gasteiger partial charge in [-0.2, -0.15) is 0 Å². The molecule has 0 saturated carbocycles. The Morgan fingerprint density at radius 2 is 1.76 bits per heavy atom.